The summed E-state index contributed by atoms with van der Waals surface area (Å²) in [6, 6.07) is 5.20. The lowest BCUT2D eigenvalue weighted by Crippen LogP contribution is -2.33. The van der Waals surface area contributed by atoms with Crippen molar-refractivity contribution in [3.05, 3.63) is 34.4 Å². The molecule has 0 saturated heterocycles. The Morgan fingerprint density at radius 2 is 2.00 bits per heavy atom. The number of benzene rings is 1. The van der Waals surface area contributed by atoms with Gasteiger partial charge in [0.1, 0.15) is 5.69 Å². The number of hydrogen-bond donors (Lipinski definition) is 2. The number of carbonyl (C=O) groups excluding carboxylic acids is 1. The maximum absolute atomic E-state index is 11.7. The van der Waals surface area contributed by atoms with Crippen molar-refractivity contribution in [1.29, 1.82) is 0 Å². The summed E-state index contributed by atoms with van der Waals surface area (Å²) in [5.74, 6) is 0. The van der Waals surface area contributed by atoms with E-state index in [4.69, 9.17) is 0 Å². The zero-order chi connectivity index (χ0) is 16.8. The Hall–Kier alpha value is -2.20. The number of hydrogen-bond acceptors (Lipinski definition) is 5. The molecule has 9 nitrogen and oxygen atoms in total. The first-order valence-corrected chi connectivity index (χ1v) is 8.26. The molecule has 0 aliphatic heterocycles. The number of sulfonamides is 1. The van der Waals surface area contributed by atoms with E-state index in [2.05, 4.69) is 10.6 Å². The van der Waals surface area contributed by atoms with Crippen LogP contribution in [0.4, 0.5) is 16.2 Å². The Morgan fingerprint density at radius 1 is 1.36 bits per heavy atom. The van der Waals surface area contributed by atoms with Crippen LogP contribution in [-0.2, 0) is 10.0 Å². The molecule has 0 atom stereocenters. The summed E-state index contributed by atoms with van der Waals surface area (Å²) in [6.45, 7) is 0.511. The van der Waals surface area contributed by atoms with Crippen molar-refractivity contribution in [3.8, 4) is 0 Å². The van der Waals surface area contributed by atoms with Crippen molar-refractivity contribution in [2.75, 3.05) is 31.7 Å². The van der Waals surface area contributed by atoms with Crippen molar-refractivity contribution in [2.45, 2.75) is 6.42 Å². The van der Waals surface area contributed by atoms with Gasteiger partial charge in [0.25, 0.3) is 5.69 Å². The second kappa shape index (κ2) is 7.71. The van der Waals surface area contributed by atoms with E-state index < -0.39 is 21.0 Å². The fourth-order valence-corrected chi connectivity index (χ4v) is 2.04. The largest absolute Gasteiger partial charge is 0.338 e. The monoisotopic (exact) mass is 330 g/mol. The first-order chi connectivity index (χ1) is 10.2. The lowest BCUT2D eigenvalue weighted by molar-refractivity contribution is -0.383. The summed E-state index contributed by atoms with van der Waals surface area (Å²) in [7, 11) is -1.79. The van der Waals surface area contributed by atoms with Crippen LogP contribution in [0.25, 0.3) is 0 Å². The molecular weight excluding hydrogens is 312 g/mol. The van der Waals surface area contributed by atoms with Crippen molar-refractivity contribution >= 4 is 27.4 Å². The van der Waals surface area contributed by atoms with Crippen LogP contribution in [0, 0.1) is 10.1 Å². The van der Waals surface area contributed by atoms with Crippen molar-refractivity contribution in [3.63, 3.8) is 0 Å². The van der Waals surface area contributed by atoms with Gasteiger partial charge in [0.15, 0.2) is 0 Å². The fourth-order valence-electron chi connectivity index (χ4n) is 1.57. The molecule has 0 bridgehead atoms. The van der Waals surface area contributed by atoms with E-state index in [-0.39, 0.29) is 24.5 Å². The molecule has 1 aromatic carbocycles. The lowest BCUT2D eigenvalue weighted by atomic mass is 10.3. The molecule has 1 aromatic rings. The fraction of sp³-hybridized carbons (Fsp3) is 0.417. The maximum atomic E-state index is 11.7. The van der Waals surface area contributed by atoms with Crippen LogP contribution in [0.2, 0.25) is 0 Å². The zero-order valence-electron chi connectivity index (χ0n) is 12.3. The minimum atomic E-state index is -3.24. The molecule has 0 spiro atoms. The summed E-state index contributed by atoms with van der Waals surface area (Å²) in [5, 5.41) is 15.7. The summed E-state index contributed by atoms with van der Waals surface area (Å²) in [4.78, 5) is 21.9. The molecule has 0 aromatic heterocycles. The Labute approximate surface area is 128 Å². The summed E-state index contributed by atoms with van der Waals surface area (Å²) < 4.78 is 23.5. The molecule has 0 heterocycles. The third-order valence-electron chi connectivity index (χ3n) is 2.85. The number of nitrogens with one attached hydrogen (secondary N) is 2. The number of para-hydroxylation sites is 2. The summed E-state index contributed by atoms with van der Waals surface area (Å²) >= 11 is 0. The van der Waals surface area contributed by atoms with Crippen LogP contribution in [0.3, 0.4) is 0 Å². The average molecular weight is 330 g/mol. The van der Waals surface area contributed by atoms with E-state index in [0.717, 1.165) is 6.26 Å². The van der Waals surface area contributed by atoms with E-state index in [1.807, 2.05) is 0 Å². The van der Waals surface area contributed by atoms with Gasteiger partial charge in [-0.05, 0) is 12.5 Å². The zero-order valence-corrected chi connectivity index (χ0v) is 13.1. The summed E-state index contributed by atoms with van der Waals surface area (Å²) in [6.07, 6.45) is 1.52. The van der Waals surface area contributed by atoms with E-state index in [9.17, 15) is 23.3 Å². The van der Waals surface area contributed by atoms with Gasteiger partial charge in [-0.3, -0.25) is 10.1 Å². The third kappa shape index (κ3) is 5.66. The Balaban J connectivity index is 2.44. The number of nitro benzene ring substituents is 1. The molecule has 0 saturated carbocycles. The summed E-state index contributed by atoms with van der Waals surface area (Å²) in [5.41, 5.74) is -0.104. The van der Waals surface area contributed by atoms with Crippen LogP contribution in [-0.4, -0.2) is 50.1 Å². The van der Waals surface area contributed by atoms with Crippen LogP contribution in [0.1, 0.15) is 6.42 Å². The van der Waals surface area contributed by atoms with Crippen molar-refractivity contribution in [1.82, 2.24) is 9.62 Å². The number of nitrogens with zero attached hydrogens (tertiary/aromatic N) is 2. The highest BCUT2D eigenvalue weighted by Crippen LogP contribution is 2.22. The molecule has 0 radical (unpaired) electrons. The minimum Gasteiger partial charge on any atom is -0.338 e. The van der Waals surface area contributed by atoms with Crippen molar-refractivity contribution in [2.24, 2.45) is 0 Å². The Bertz CT molecular complexity index is 647. The van der Waals surface area contributed by atoms with E-state index in [1.54, 1.807) is 6.07 Å². The number of urea groups is 1. The maximum Gasteiger partial charge on any atom is 0.319 e. The quantitative estimate of drug-likeness (QED) is 0.439. The van der Waals surface area contributed by atoms with Crippen LogP contribution in [0.15, 0.2) is 24.3 Å². The first-order valence-electron chi connectivity index (χ1n) is 6.41. The smallest absolute Gasteiger partial charge is 0.319 e. The second-order valence-corrected chi connectivity index (χ2v) is 6.68. The SMILES string of the molecule is CN(CCCNC(=O)Nc1ccccc1[N+](=O)[O-])S(C)(=O)=O. The number of anilines is 1. The number of carbonyl (C=O) groups is 1. The number of rotatable bonds is 7. The molecule has 22 heavy (non-hydrogen) atoms. The van der Waals surface area contributed by atoms with Gasteiger partial charge in [0.2, 0.25) is 10.0 Å². The Kier molecular flexibility index (Phi) is 6.25. The highest BCUT2D eigenvalue weighted by Gasteiger charge is 2.14. The predicted molar refractivity (Wildman–Crippen MR) is 82.2 cm³/mol. The van der Waals surface area contributed by atoms with Gasteiger partial charge >= 0.3 is 6.03 Å². The molecule has 2 N–H and O–H groups in total. The molecule has 10 heteroatoms. The van der Waals surface area contributed by atoms with Gasteiger partial charge in [-0.2, -0.15) is 0 Å². The third-order valence-corrected chi connectivity index (χ3v) is 4.17. The molecule has 0 fully saturated rings. The van der Waals surface area contributed by atoms with Gasteiger partial charge in [-0.1, -0.05) is 12.1 Å². The number of nitro groups is 1. The van der Waals surface area contributed by atoms with Crippen LogP contribution >= 0.6 is 0 Å². The van der Waals surface area contributed by atoms with E-state index in [0.29, 0.717) is 6.42 Å². The second-order valence-electron chi connectivity index (χ2n) is 4.59. The molecule has 1 rings (SSSR count). The molecule has 2 amide bonds. The normalized spacial score (nSPS) is 11.2. The molecule has 0 aliphatic rings. The van der Waals surface area contributed by atoms with Gasteiger partial charge < -0.3 is 10.6 Å². The number of amides is 2. The van der Waals surface area contributed by atoms with Gasteiger partial charge in [0, 0.05) is 26.2 Å². The minimum absolute atomic E-state index is 0.0956. The topological polar surface area (TPSA) is 122 Å². The lowest BCUT2D eigenvalue weighted by Gasteiger charge is -2.14. The Morgan fingerprint density at radius 3 is 2.59 bits per heavy atom. The molecule has 0 unspecified atom stereocenters. The van der Waals surface area contributed by atoms with Crippen LogP contribution in [0.5, 0.6) is 0 Å². The van der Waals surface area contributed by atoms with Gasteiger partial charge in [0.05, 0.1) is 11.2 Å². The van der Waals surface area contributed by atoms with Gasteiger partial charge in [-0.25, -0.2) is 17.5 Å². The molecule has 0 aliphatic carbocycles. The average Bonchev–Trinajstić information content (AvgIpc) is 2.42. The molecule has 122 valence electrons. The van der Waals surface area contributed by atoms with E-state index in [1.165, 1.54) is 29.6 Å². The van der Waals surface area contributed by atoms with Crippen LogP contribution < -0.4 is 10.6 Å². The van der Waals surface area contributed by atoms with Crippen molar-refractivity contribution < 1.29 is 18.1 Å². The molecular formula is C12H18N4O5S. The standard InChI is InChI=1S/C12H18N4O5S/c1-15(22(2,20)21)9-5-8-13-12(17)14-10-6-3-4-7-11(10)16(18)19/h3-4,6-7H,5,8-9H2,1-2H3,(H2,13,14,17). The van der Waals surface area contributed by atoms with E-state index >= 15 is 0 Å². The highest BCUT2D eigenvalue weighted by molar-refractivity contribution is 7.88. The highest BCUT2D eigenvalue weighted by atomic mass is 32.2. The predicted octanol–water partition coefficient (Wildman–Crippen LogP) is 0.998. The van der Waals surface area contributed by atoms with Gasteiger partial charge in [-0.15, -0.1) is 0 Å². The first kappa shape index (κ1) is 17.9.